The number of sulfonamides is 1. The van der Waals surface area contributed by atoms with Crippen molar-refractivity contribution in [2.45, 2.75) is 25.2 Å². The minimum Gasteiger partial charge on any atom is -0.495 e. The molecule has 0 unspecified atom stereocenters. The fourth-order valence-corrected chi connectivity index (χ4v) is 5.67. The molecule has 32 heavy (non-hydrogen) atoms. The molecule has 1 aliphatic heterocycles. The molecular weight excluding hydrogens is 450 g/mol. The molecule has 0 bridgehead atoms. The Labute approximate surface area is 190 Å². The SMILES string of the molecule is CCCN1C(=O)COc2ccc(-c3csc(NS(=O)(=O)c4cc(C)ccc4OC)n3)cc21. The van der Waals surface area contributed by atoms with Crippen LogP contribution in [0.3, 0.4) is 0 Å². The molecule has 10 heteroatoms. The van der Waals surface area contributed by atoms with Gasteiger partial charge in [-0.2, -0.15) is 0 Å². The summed E-state index contributed by atoms with van der Waals surface area (Å²) in [5.74, 6) is 0.815. The molecule has 4 rings (SSSR count). The summed E-state index contributed by atoms with van der Waals surface area (Å²) in [5.41, 5.74) is 2.85. The minimum atomic E-state index is -3.89. The van der Waals surface area contributed by atoms with Crippen LogP contribution in [0.1, 0.15) is 18.9 Å². The van der Waals surface area contributed by atoms with Crippen LogP contribution in [-0.2, 0) is 14.8 Å². The molecule has 1 amide bonds. The van der Waals surface area contributed by atoms with E-state index in [1.54, 1.807) is 34.5 Å². The summed E-state index contributed by atoms with van der Waals surface area (Å²) >= 11 is 1.18. The summed E-state index contributed by atoms with van der Waals surface area (Å²) < 4.78 is 39.2. The largest absolute Gasteiger partial charge is 0.495 e. The zero-order valence-corrected chi connectivity index (χ0v) is 19.5. The predicted molar refractivity (Wildman–Crippen MR) is 124 cm³/mol. The van der Waals surface area contributed by atoms with Gasteiger partial charge in [0.05, 0.1) is 18.5 Å². The first-order chi connectivity index (χ1) is 15.3. The van der Waals surface area contributed by atoms with Gasteiger partial charge in [-0.3, -0.25) is 9.52 Å². The number of aromatic nitrogens is 1. The number of fused-ring (bicyclic) bond motifs is 1. The molecule has 1 aliphatic rings. The molecule has 0 saturated heterocycles. The number of benzene rings is 2. The highest BCUT2D eigenvalue weighted by Crippen LogP contribution is 2.37. The van der Waals surface area contributed by atoms with Crippen LogP contribution >= 0.6 is 11.3 Å². The number of methoxy groups -OCH3 is 1. The van der Waals surface area contributed by atoms with Gasteiger partial charge in [0.2, 0.25) is 0 Å². The van der Waals surface area contributed by atoms with Gasteiger partial charge in [0, 0.05) is 17.5 Å². The molecule has 0 radical (unpaired) electrons. The van der Waals surface area contributed by atoms with Crippen molar-refractivity contribution in [3.63, 3.8) is 0 Å². The fraction of sp³-hybridized carbons (Fsp3) is 0.273. The topological polar surface area (TPSA) is 97.8 Å². The Balaban J connectivity index is 1.63. The molecule has 168 valence electrons. The Hall–Kier alpha value is -3.11. The summed E-state index contributed by atoms with van der Waals surface area (Å²) in [7, 11) is -2.46. The van der Waals surface area contributed by atoms with Crippen molar-refractivity contribution in [1.82, 2.24) is 4.98 Å². The quantitative estimate of drug-likeness (QED) is 0.556. The van der Waals surface area contributed by atoms with Crippen LogP contribution in [0.4, 0.5) is 10.8 Å². The van der Waals surface area contributed by atoms with Crippen LogP contribution in [0.25, 0.3) is 11.3 Å². The van der Waals surface area contributed by atoms with E-state index in [2.05, 4.69) is 9.71 Å². The van der Waals surface area contributed by atoms with Crippen LogP contribution in [0, 0.1) is 6.92 Å². The maximum Gasteiger partial charge on any atom is 0.267 e. The maximum absolute atomic E-state index is 12.9. The second-order valence-electron chi connectivity index (χ2n) is 7.31. The summed E-state index contributed by atoms with van der Waals surface area (Å²) in [6, 6.07) is 10.5. The zero-order chi connectivity index (χ0) is 22.9. The Morgan fingerprint density at radius 2 is 2.06 bits per heavy atom. The second-order valence-corrected chi connectivity index (χ2v) is 9.82. The third-order valence-electron chi connectivity index (χ3n) is 4.98. The van der Waals surface area contributed by atoms with Crippen molar-refractivity contribution in [2.24, 2.45) is 0 Å². The Bertz CT molecular complexity index is 1270. The lowest BCUT2D eigenvalue weighted by atomic mass is 10.1. The summed E-state index contributed by atoms with van der Waals surface area (Å²) in [5, 5.41) is 2.00. The number of hydrogen-bond donors (Lipinski definition) is 1. The number of anilines is 2. The van der Waals surface area contributed by atoms with E-state index in [0.29, 0.717) is 23.7 Å². The number of thiazole rings is 1. The van der Waals surface area contributed by atoms with Crippen molar-refractivity contribution in [2.75, 3.05) is 29.9 Å². The lowest BCUT2D eigenvalue weighted by Gasteiger charge is -2.29. The van der Waals surface area contributed by atoms with E-state index in [4.69, 9.17) is 9.47 Å². The zero-order valence-electron chi connectivity index (χ0n) is 17.9. The van der Waals surface area contributed by atoms with E-state index < -0.39 is 10.0 Å². The molecule has 0 atom stereocenters. The van der Waals surface area contributed by atoms with E-state index in [9.17, 15) is 13.2 Å². The number of nitrogens with one attached hydrogen (secondary N) is 1. The molecule has 1 N–H and O–H groups in total. The van der Waals surface area contributed by atoms with Crippen molar-refractivity contribution < 1.29 is 22.7 Å². The summed E-state index contributed by atoms with van der Waals surface area (Å²) in [6.45, 7) is 4.44. The molecule has 0 saturated carbocycles. The monoisotopic (exact) mass is 473 g/mol. The van der Waals surface area contributed by atoms with Crippen LogP contribution in [0.2, 0.25) is 0 Å². The first kappa shape index (κ1) is 22.1. The van der Waals surface area contributed by atoms with Gasteiger partial charge in [0.1, 0.15) is 16.4 Å². The third kappa shape index (κ3) is 4.28. The highest BCUT2D eigenvalue weighted by Gasteiger charge is 2.26. The standard InChI is InChI=1S/C22H23N3O5S2/c1-4-9-25-17-11-15(6-8-18(17)30-12-21(25)26)16-13-31-22(23-16)24-32(27,28)20-10-14(2)5-7-19(20)29-3/h5-8,10-11,13H,4,9,12H2,1-3H3,(H,23,24). The van der Waals surface area contributed by atoms with Gasteiger partial charge < -0.3 is 14.4 Å². The number of hydrogen-bond acceptors (Lipinski definition) is 7. The number of carbonyl (C=O) groups excluding carboxylic acids is 1. The van der Waals surface area contributed by atoms with E-state index in [1.165, 1.54) is 18.4 Å². The number of nitrogens with zero attached hydrogens (tertiary/aromatic N) is 2. The molecule has 3 aromatic rings. The van der Waals surface area contributed by atoms with Gasteiger partial charge in [-0.25, -0.2) is 13.4 Å². The number of aryl methyl sites for hydroxylation is 1. The maximum atomic E-state index is 12.9. The fourth-order valence-electron chi connectivity index (χ4n) is 3.45. The van der Waals surface area contributed by atoms with Crippen LogP contribution in [0.5, 0.6) is 11.5 Å². The van der Waals surface area contributed by atoms with Crippen LogP contribution in [0.15, 0.2) is 46.7 Å². The summed E-state index contributed by atoms with van der Waals surface area (Å²) in [6.07, 6.45) is 0.820. The van der Waals surface area contributed by atoms with Crippen molar-refractivity contribution in [1.29, 1.82) is 0 Å². The van der Waals surface area contributed by atoms with Crippen LogP contribution in [-0.4, -0.2) is 39.6 Å². The normalized spacial score (nSPS) is 13.5. The van der Waals surface area contributed by atoms with Gasteiger partial charge in [-0.1, -0.05) is 13.0 Å². The Morgan fingerprint density at radius 3 is 2.81 bits per heavy atom. The molecule has 0 aliphatic carbocycles. The lowest BCUT2D eigenvalue weighted by molar-refractivity contribution is -0.121. The number of ether oxygens (including phenoxy) is 2. The first-order valence-electron chi connectivity index (χ1n) is 10.0. The number of rotatable bonds is 7. The van der Waals surface area contributed by atoms with E-state index in [0.717, 1.165) is 17.5 Å². The highest BCUT2D eigenvalue weighted by atomic mass is 32.2. The number of carbonyl (C=O) groups is 1. The van der Waals surface area contributed by atoms with Crippen LogP contribution < -0.4 is 19.1 Å². The first-order valence-corrected chi connectivity index (χ1v) is 12.4. The molecule has 0 spiro atoms. The minimum absolute atomic E-state index is 0.0252. The highest BCUT2D eigenvalue weighted by molar-refractivity contribution is 7.93. The smallest absolute Gasteiger partial charge is 0.267 e. The van der Waals surface area contributed by atoms with E-state index in [1.807, 2.05) is 26.0 Å². The van der Waals surface area contributed by atoms with Crippen molar-refractivity contribution >= 4 is 38.1 Å². The van der Waals surface area contributed by atoms with E-state index >= 15 is 0 Å². The molecule has 2 aromatic carbocycles. The van der Waals surface area contributed by atoms with Crippen molar-refractivity contribution in [3.8, 4) is 22.8 Å². The molecule has 8 nitrogen and oxygen atoms in total. The Kier molecular flexibility index (Phi) is 6.07. The van der Waals surface area contributed by atoms with Crippen molar-refractivity contribution in [3.05, 3.63) is 47.3 Å². The molecular formula is C22H23N3O5S2. The van der Waals surface area contributed by atoms with Gasteiger partial charge in [0.25, 0.3) is 15.9 Å². The van der Waals surface area contributed by atoms with Gasteiger partial charge in [-0.05, 0) is 49.2 Å². The van der Waals surface area contributed by atoms with E-state index in [-0.39, 0.29) is 28.3 Å². The third-order valence-corrected chi connectivity index (χ3v) is 7.23. The van der Waals surface area contributed by atoms with Gasteiger partial charge >= 0.3 is 0 Å². The molecule has 0 fully saturated rings. The molecule has 2 heterocycles. The number of amides is 1. The average Bonchev–Trinajstić information content (AvgIpc) is 3.23. The summed E-state index contributed by atoms with van der Waals surface area (Å²) in [4.78, 5) is 18.5. The second kappa shape index (κ2) is 8.79. The van der Waals surface area contributed by atoms with Gasteiger partial charge in [0.15, 0.2) is 11.7 Å². The predicted octanol–water partition coefficient (Wildman–Crippen LogP) is 4.06. The van der Waals surface area contributed by atoms with Gasteiger partial charge in [-0.15, -0.1) is 11.3 Å². The Morgan fingerprint density at radius 1 is 1.25 bits per heavy atom. The lowest BCUT2D eigenvalue weighted by Crippen LogP contribution is -2.39. The average molecular weight is 474 g/mol. The molecule has 1 aromatic heterocycles.